The van der Waals surface area contributed by atoms with Crippen LogP contribution >= 0.6 is 0 Å². The van der Waals surface area contributed by atoms with Gasteiger partial charge in [0.15, 0.2) is 0 Å². The summed E-state index contributed by atoms with van der Waals surface area (Å²) in [6.45, 7) is 2.10. The topological polar surface area (TPSA) is 64.3 Å². The molecule has 1 fully saturated rings. The Morgan fingerprint density at radius 3 is 2.84 bits per heavy atom. The van der Waals surface area contributed by atoms with Crippen molar-refractivity contribution in [3.05, 3.63) is 23.8 Å². The van der Waals surface area contributed by atoms with Crippen molar-refractivity contribution in [2.45, 2.75) is 38.6 Å². The van der Waals surface area contributed by atoms with Gasteiger partial charge in [0.25, 0.3) is 5.91 Å². The zero-order chi connectivity index (χ0) is 13.8. The summed E-state index contributed by atoms with van der Waals surface area (Å²) in [6, 6.07) is 5.52. The standard InChI is InChI=1S/C15H22N2O2/c1-3-11(9-10-7-8-10)17-15(18)12-5-4-6-13(19-2)14(12)16/h4-6,10-11H,3,7-9,16H2,1-2H3,(H,17,18). The predicted molar refractivity (Wildman–Crippen MR) is 76.3 cm³/mol. The molecule has 4 heteroatoms. The van der Waals surface area contributed by atoms with Gasteiger partial charge >= 0.3 is 0 Å². The highest BCUT2D eigenvalue weighted by Crippen LogP contribution is 2.34. The van der Waals surface area contributed by atoms with Gasteiger partial charge in [0.05, 0.1) is 18.4 Å². The van der Waals surface area contributed by atoms with Crippen LogP contribution in [0.4, 0.5) is 5.69 Å². The van der Waals surface area contributed by atoms with E-state index in [0.717, 1.165) is 18.8 Å². The van der Waals surface area contributed by atoms with Crippen LogP contribution in [0.2, 0.25) is 0 Å². The number of nitrogens with two attached hydrogens (primary N) is 1. The van der Waals surface area contributed by atoms with Crippen LogP contribution in [-0.4, -0.2) is 19.1 Å². The third-order valence-corrected chi connectivity index (χ3v) is 3.67. The fraction of sp³-hybridized carbons (Fsp3) is 0.533. The molecule has 1 amide bonds. The van der Waals surface area contributed by atoms with E-state index in [1.54, 1.807) is 25.3 Å². The monoisotopic (exact) mass is 262 g/mol. The number of hydrogen-bond donors (Lipinski definition) is 2. The van der Waals surface area contributed by atoms with Crippen molar-refractivity contribution in [1.82, 2.24) is 5.32 Å². The van der Waals surface area contributed by atoms with E-state index in [9.17, 15) is 4.79 Å². The number of benzene rings is 1. The first-order chi connectivity index (χ1) is 9.15. The molecule has 1 aliphatic carbocycles. The van der Waals surface area contributed by atoms with Crippen LogP contribution in [0, 0.1) is 5.92 Å². The van der Waals surface area contributed by atoms with Gasteiger partial charge in [0, 0.05) is 6.04 Å². The molecule has 1 aliphatic rings. The molecule has 104 valence electrons. The molecule has 1 aromatic rings. The van der Waals surface area contributed by atoms with Crippen molar-refractivity contribution in [2.24, 2.45) is 5.92 Å². The summed E-state index contributed by atoms with van der Waals surface area (Å²) in [6.07, 6.45) is 4.62. The highest BCUT2D eigenvalue weighted by Gasteiger charge is 2.26. The van der Waals surface area contributed by atoms with Crippen LogP contribution in [0.15, 0.2) is 18.2 Å². The van der Waals surface area contributed by atoms with E-state index >= 15 is 0 Å². The average molecular weight is 262 g/mol. The van der Waals surface area contributed by atoms with Crippen molar-refractivity contribution in [1.29, 1.82) is 0 Å². The molecular formula is C15H22N2O2. The van der Waals surface area contributed by atoms with Crippen molar-refractivity contribution in [2.75, 3.05) is 12.8 Å². The number of anilines is 1. The number of hydrogen-bond acceptors (Lipinski definition) is 3. The summed E-state index contributed by atoms with van der Waals surface area (Å²) < 4.78 is 5.14. The van der Waals surface area contributed by atoms with Gasteiger partial charge in [-0.1, -0.05) is 25.8 Å². The quantitative estimate of drug-likeness (QED) is 0.774. The first-order valence-electron chi connectivity index (χ1n) is 6.89. The Labute approximate surface area is 114 Å². The first-order valence-corrected chi connectivity index (χ1v) is 6.89. The first kappa shape index (κ1) is 13.7. The fourth-order valence-corrected chi connectivity index (χ4v) is 2.27. The average Bonchev–Trinajstić information content (AvgIpc) is 3.22. The van der Waals surface area contributed by atoms with E-state index in [1.807, 2.05) is 0 Å². The number of carbonyl (C=O) groups excluding carboxylic acids is 1. The molecule has 0 aromatic heterocycles. The zero-order valence-electron chi connectivity index (χ0n) is 11.6. The van der Waals surface area contributed by atoms with Gasteiger partial charge < -0.3 is 15.8 Å². The van der Waals surface area contributed by atoms with Crippen LogP contribution in [0.1, 0.15) is 43.0 Å². The number of carbonyl (C=O) groups is 1. The minimum Gasteiger partial charge on any atom is -0.495 e. The lowest BCUT2D eigenvalue weighted by Gasteiger charge is -2.18. The summed E-state index contributed by atoms with van der Waals surface area (Å²) in [5.74, 6) is 1.24. The van der Waals surface area contributed by atoms with Gasteiger partial charge in [-0.25, -0.2) is 0 Å². The molecule has 3 N–H and O–H groups in total. The van der Waals surface area contributed by atoms with Gasteiger partial charge in [-0.05, 0) is 30.9 Å². The number of ether oxygens (including phenoxy) is 1. The molecule has 2 rings (SSSR count). The third-order valence-electron chi connectivity index (χ3n) is 3.67. The number of nitrogens with one attached hydrogen (secondary N) is 1. The van der Waals surface area contributed by atoms with Gasteiger partial charge in [0.1, 0.15) is 5.75 Å². The summed E-state index contributed by atoms with van der Waals surface area (Å²) in [7, 11) is 1.55. The number of amides is 1. The zero-order valence-corrected chi connectivity index (χ0v) is 11.6. The Morgan fingerprint density at radius 2 is 2.26 bits per heavy atom. The predicted octanol–water partition coefficient (Wildman–Crippen LogP) is 2.59. The molecule has 1 unspecified atom stereocenters. The van der Waals surface area contributed by atoms with E-state index in [2.05, 4.69) is 12.2 Å². The van der Waals surface area contributed by atoms with Crippen LogP contribution < -0.4 is 15.8 Å². The molecule has 0 saturated heterocycles. The molecule has 0 spiro atoms. The maximum absolute atomic E-state index is 12.3. The van der Waals surface area contributed by atoms with Crippen LogP contribution in [0.25, 0.3) is 0 Å². The maximum Gasteiger partial charge on any atom is 0.253 e. The van der Waals surface area contributed by atoms with Crippen LogP contribution in [-0.2, 0) is 0 Å². The van der Waals surface area contributed by atoms with E-state index in [4.69, 9.17) is 10.5 Å². The van der Waals surface area contributed by atoms with Crippen LogP contribution in [0.5, 0.6) is 5.75 Å². The van der Waals surface area contributed by atoms with Crippen molar-refractivity contribution in [3.63, 3.8) is 0 Å². The highest BCUT2D eigenvalue weighted by molar-refractivity contribution is 6.00. The number of nitrogen functional groups attached to an aromatic ring is 1. The molecule has 1 atom stereocenters. The highest BCUT2D eigenvalue weighted by atomic mass is 16.5. The smallest absolute Gasteiger partial charge is 0.253 e. The third kappa shape index (κ3) is 3.40. The van der Waals surface area contributed by atoms with Gasteiger partial charge in [-0.3, -0.25) is 4.79 Å². The van der Waals surface area contributed by atoms with Crippen LogP contribution in [0.3, 0.4) is 0 Å². The lowest BCUT2D eigenvalue weighted by molar-refractivity contribution is 0.0933. The SMILES string of the molecule is CCC(CC1CC1)NC(=O)c1cccc(OC)c1N. The van der Waals surface area contributed by atoms with Gasteiger partial charge in [-0.15, -0.1) is 0 Å². The summed E-state index contributed by atoms with van der Waals surface area (Å²) in [5, 5.41) is 3.07. The van der Waals surface area contributed by atoms with Crippen molar-refractivity contribution in [3.8, 4) is 5.75 Å². The normalized spacial score (nSPS) is 15.9. The molecule has 19 heavy (non-hydrogen) atoms. The van der Waals surface area contributed by atoms with Crippen molar-refractivity contribution >= 4 is 11.6 Å². The Bertz CT molecular complexity index is 455. The lowest BCUT2D eigenvalue weighted by Crippen LogP contribution is -2.35. The van der Waals surface area contributed by atoms with E-state index in [1.165, 1.54) is 12.8 Å². The molecule has 0 heterocycles. The van der Waals surface area contributed by atoms with E-state index < -0.39 is 0 Å². The van der Waals surface area contributed by atoms with E-state index in [-0.39, 0.29) is 11.9 Å². The Hall–Kier alpha value is -1.71. The van der Waals surface area contributed by atoms with Gasteiger partial charge in [0.2, 0.25) is 0 Å². The Balaban J connectivity index is 2.05. The second-order valence-electron chi connectivity index (χ2n) is 5.18. The molecule has 1 saturated carbocycles. The molecule has 4 nitrogen and oxygen atoms in total. The number of para-hydroxylation sites is 1. The minimum atomic E-state index is -0.107. The molecule has 0 aliphatic heterocycles. The largest absolute Gasteiger partial charge is 0.495 e. The number of methoxy groups -OCH3 is 1. The molecule has 0 bridgehead atoms. The summed E-state index contributed by atoms with van der Waals surface area (Å²) >= 11 is 0. The van der Waals surface area contributed by atoms with E-state index in [0.29, 0.717) is 17.0 Å². The molecule has 0 radical (unpaired) electrons. The molecule has 1 aromatic carbocycles. The minimum absolute atomic E-state index is 0.107. The van der Waals surface area contributed by atoms with Gasteiger partial charge in [-0.2, -0.15) is 0 Å². The summed E-state index contributed by atoms with van der Waals surface area (Å²) in [5.41, 5.74) is 6.84. The second-order valence-corrected chi connectivity index (χ2v) is 5.18. The Kier molecular flexibility index (Phi) is 4.30. The molecular weight excluding hydrogens is 240 g/mol. The lowest BCUT2D eigenvalue weighted by atomic mass is 10.1. The second kappa shape index (κ2) is 5.95. The number of rotatable bonds is 6. The fourth-order valence-electron chi connectivity index (χ4n) is 2.27. The summed E-state index contributed by atoms with van der Waals surface area (Å²) in [4.78, 5) is 12.3. The maximum atomic E-state index is 12.3. The van der Waals surface area contributed by atoms with Crippen molar-refractivity contribution < 1.29 is 9.53 Å². The Morgan fingerprint density at radius 1 is 1.53 bits per heavy atom.